The number of aliphatic carboxylic acids is 1. The van der Waals surface area contributed by atoms with Gasteiger partial charge in [-0.3, -0.25) is 9.59 Å². The summed E-state index contributed by atoms with van der Waals surface area (Å²) in [6.45, 7) is 4.11. The third-order valence-electron chi connectivity index (χ3n) is 6.13. The second-order valence-corrected chi connectivity index (χ2v) is 9.32. The Bertz CT molecular complexity index is 990. The van der Waals surface area contributed by atoms with Gasteiger partial charge < -0.3 is 25.6 Å². The molecule has 0 spiro atoms. The molecule has 0 radical (unpaired) electrons. The van der Waals surface area contributed by atoms with Crippen molar-refractivity contribution >= 4 is 18.0 Å². The van der Waals surface area contributed by atoms with Crippen LogP contribution in [-0.2, 0) is 14.3 Å². The number of amides is 2. The van der Waals surface area contributed by atoms with Gasteiger partial charge in [0.1, 0.15) is 12.6 Å². The molecule has 34 heavy (non-hydrogen) atoms. The standard InChI is InChI=1S/C26H32N2O6/c1-26(2,16-29)13-14-27-24(32)22(11-12-23(30)31)28-25(33)34-15-21-19-9-5-3-7-17(19)18-8-4-6-10-20(18)21/h3-10,21-22,29H,11-16H2,1-2H3,(H,27,32)(H,28,33)(H,30,31). The zero-order chi connectivity index (χ0) is 24.7. The predicted molar refractivity (Wildman–Crippen MR) is 127 cm³/mol. The van der Waals surface area contributed by atoms with E-state index in [1.165, 1.54) is 0 Å². The van der Waals surface area contributed by atoms with Crippen molar-refractivity contribution in [3.05, 3.63) is 59.7 Å². The van der Waals surface area contributed by atoms with Crippen LogP contribution in [0, 0.1) is 5.41 Å². The number of nitrogens with one attached hydrogen (secondary N) is 2. The number of carboxylic acids is 1. The smallest absolute Gasteiger partial charge is 0.407 e. The Morgan fingerprint density at radius 1 is 1.03 bits per heavy atom. The summed E-state index contributed by atoms with van der Waals surface area (Å²) in [6.07, 6.45) is -0.576. The van der Waals surface area contributed by atoms with E-state index < -0.39 is 24.0 Å². The molecular weight excluding hydrogens is 436 g/mol. The van der Waals surface area contributed by atoms with Crippen LogP contribution in [0.15, 0.2) is 48.5 Å². The third kappa shape index (κ3) is 6.35. The van der Waals surface area contributed by atoms with Gasteiger partial charge in [-0.15, -0.1) is 0 Å². The summed E-state index contributed by atoms with van der Waals surface area (Å²) >= 11 is 0. The Labute approximate surface area is 199 Å². The Hall–Kier alpha value is -3.39. The molecule has 2 aromatic carbocycles. The fourth-order valence-electron chi connectivity index (χ4n) is 4.05. The maximum atomic E-state index is 12.6. The molecule has 0 aromatic heterocycles. The Balaban J connectivity index is 1.61. The first-order valence-corrected chi connectivity index (χ1v) is 11.4. The molecular formula is C26H32N2O6. The van der Waals surface area contributed by atoms with Gasteiger partial charge in [0.25, 0.3) is 0 Å². The molecule has 8 nitrogen and oxygen atoms in total. The Morgan fingerprint density at radius 2 is 1.62 bits per heavy atom. The highest BCUT2D eigenvalue weighted by molar-refractivity contribution is 5.86. The van der Waals surface area contributed by atoms with Crippen LogP contribution in [0.4, 0.5) is 4.79 Å². The number of rotatable bonds is 11. The van der Waals surface area contributed by atoms with E-state index in [9.17, 15) is 19.5 Å². The van der Waals surface area contributed by atoms with Crippen molar-refractivity contribution in [2.24, 2.45) is 5.41 Å². The summed E-state index contributed by atoms with van der Waals surface area (Å²) in [7, 11) is 0. The van der Waals surface area contributed by atoms with E-state index in [4.69, 9.17) is 9.84 Å². The van der Waals surface area contributed by atoms with Crippen LogP contribution in [0.25, 0.3) is 11.1 Å². The highest BCUT2D eigenvalue weighted by Gasteiger charge is 2.30. The lowest BCUT2D eigenvalue weighted by Gasteiger charge is -2.23. The molecule has 1 aliphatic carbocycles. The molecule has 182 valence electrons. The number of hydrogen-bond acceptors (Lipinski definition) is 5. The van der Waals surface area contributed by atoms with Crippen molar-refractivity contribution in [2.45, 2.75) is 45.1 Å². The van der Waals surface area contributed by atoms with E-state index in [0.29, 0.717) is 13.0 Å². The van der Waals surface area contributed by atoms with Gasteiger partial charge in [0.05, 0.1) is 0 Å². The van der Waals surface area contributed by atoms with E-state index in [1.54, 1.807) is 0 Å². The van der Waals surface area contributed by atoms with Crippen LogP contribution in [-0.4, -0.2) is 54.0 Å². The molecule has 2 amide bonds. The average Bonchev–Trinajstić information content (AvgIpc) is 3.14. The van der Waals surface area contributed by atoms with E-state index in [1.807, 2.05) is 62.4 Å². The van der Waals surface area contributed by atoms with Gasteiger partial charge in [-0.2, -0.15) is 0 Å². The fourth-order valence-corrected chi connectivity index (χ4v) is 4.05. The maximum absolute atomic E-state index is 12.6. The first kappa shape index (κ1) is 25.2. The average molecular weight is 469 g/mol. The largest absolute Gasteiger partial charge is 0.481 e. The molecule has 0 aliphatic heterocycles. The Kier molecular flexibility index (Phi) is 8.28. The number of aliphatic hydroxyl groups is 1. The summed E-state index contributed by atoms with van der Waals surface area (Å²) in [5, 5.41) is 23.6. The van der Waals surface area contributed by atoms with Gasteiger partial charge >= 0.3 is 12.1 Å². The van der Waals surface area contributed by atoms with Crippen LogP contribution in [0.3, 0.4) is 0 Å². The molecule has 1 atom stereocenters. The monoisotopic (exact) mass is 468 g/mol. The number of fused-ring (bicyclic) bond motifs is 3. The van der Waals surface area contributed by atoms with E-state index >= 15 is 0 Å². The lowest BCUT2D eigenvalue weighted by atomic mass is 9.90. The lowest BCUT2D eigenvalue weighted by Crippen LogP contribution is -2.48. The molecule has 0 saturated carbocycles. The number of carbonyl (C=O) groups is 3. The molecule has 0 saturated heterocycles. The SMILES string of the molecule is CC(C)(CO)CCNC(=O)C(CCC(=O)O)NC(=O)OCC1c2ccccc2-c2ccccc21. The minimum atomic E-state index is -1.06. The molecule has 0 fully saturated rings. The number of benzene rings is 2. The summed E-state index contributed by atoms with van der Waals surface area (Å²) < 4.78 is 5.49. The summed E-state index contributed by atoms with van der Waals surface area (Å²) in [6, 6.07) is 14.9. The van der Waals surface area contributed by atoms with Crippen molar-refractivity contribution in [3.8, 4) is 11.1 Å². The molecule has 1 unspecified atom stereocenters. The van der Waals surface area contributed by atoms with Crippen LogP contribution in [0.2, 0.25) is 0 Å². The van der Waals surface area contributed by atoms with Crippen molar-refractivity contribution in [2.75, 3.05) is 19.8 Å². The molecule has 8 heteroatoms. The maximum Gasteiger partial charge on any atom is 0.407 e. The quantitative estimate of drug-likeness (QED) is 0.401. The summed E-state index contributed by atoms with van der Waals surface area (Å²) in [5.74, 6) is -1.66. The van der Waals surface area contributed by atoms with Gasteiger partial charge in [-0.1, -0.05) is 62.4 Å². The third-order valence-corrected chi connectivity index (χ3v) is 6.13. The van der Waals surface area contributed by atoms with Gasteiger partial charge in [0.2, 0.25) is 5.91 Å². The topological polar surface area (TPSA) is 125 Å². The van der Waals surface area contributed by atoms with Gasteiger partial charge in [-0.05, 0) is 40.5 Å². The van der Waals surface area contributed by atoms with Crippen LogP contribution in [0.5, 0.6) is 0 Å². The van der Waals surface area contributed by atoms with Crippen molar-refractivity contribution in [3.63, 3.8) is 0 Å². The summed E-state index contributed by atoms with van der Waals surface area (Å²) in [5.41, 5.74) is 4.00. The van der Waals surface area contributed by atoms with E-state index in [2.05, 4.69) is 10.6 Å². The second kappa shape index (κ2) is 11.2. The Morgan fingerprint density at radius 3 is 2.18 bits per heavy atom. The number of aliphatic hydroxyl groups excluding tert-OH is 1. The molecule has 1 aliphatic rings. The first-order chi connectivity index (χ1) is 16.2. The number of carbonyl (C=O) groups excluding carboxylic acids is 2. The van der Waals surface area contributed by atoms with Gasteiger partial charge in [0, 0.05) is 25.5 Å². The normalized spacial score (nSPS) is 13.5. The predicted octanol–water partition coefficient (Wildman–Crippen LogP) is 3.28. The zero-order valence-corrected chi connectivity index (χ0v) is 19.5. The number of hydrogen-bond donors (Lipinski definition) is 4. The van der Waals surface area contributed by atoms with Crippen molar-refractivity contribution < 1.29 is 29.3 Å². The van der Waals surface area contributed by atoms with Crippen LogP contribution >= 0.6 is 0 Å². The molecule has 0 bridgehead atoms. The number of alkyl carbamates (subject to hydrolysis) is 1. The molecule has 0 heterocycles. The van der Waals surface area contributed by atoms with Gasteiger partial charge in [0.15, 0.2) is 0 Å². The molecule has 4 N–H and O–H groups in total. The molecule has 3 rings (SSSR count). The highest BCUT2D eigenvalue weighted by Crippen LogP contribution is 2.44. The minimum absolute atomic E-state index is 0.0245. The molecule has 2 aromatic rings. The summed E-state index contributed by atoms with van der Waals surface area (Å²) in [4.78, 5) is 36.2. The lowest BCUT2D eigenvalue weighted by molar-refractivity contribution is -0.137. The van der Waals surface area contributed by atoms with Crippen LogP contribution in [0.1, 0.15) is 50.2 Å². The van der Waals surface area contributed by atoms with Gasteiger partial charge in [-0.25, -0.2) is 4.79 Å². The fraction of sp³-hybridized carbons (Fsp3) is 0.423. The minimum Gasteiger partial charge on any atom is -0.481 e. The van der Waals surface area contributed by atoms with E-state index in [0.717, 1.165) is 22.3 Å². The first-order valence-electron chi connectivity index (χ1n) is 11.4. The van der Waals surface area contributed by atoms with Crippen molar-refractivity contribution in [1.29, 1.82) is 0 Å². The van der Waals surface area contributed by atoms with Crippen molar-refractivity contribution in [1.82, 2.24) is 10.6 Å². The number of ether oxygens (including phenoxy) is 1. The second-order valence-electron chi connectivity index (χ2n) is 9.32. The highest BCUT2D eigenvalue weighted by atomic mass is 16.5. The van der Waals surface area contributed by atoms with E-state index in [-0.39, 0.29) is 37.4 Å². The van der Waals surface area contributed by atoms with Crippen LogP contribution < -0.4 is 10.6 Å². The number of carboxylic acid groups (broad SMARTS) is 1. The zero-order valence-electron chi connectivity index (χ0n) is 19.5.